The molecule has 1 aromatic heterocycles. The van der Waals surface area contributed by atoms with Gasteiger partial charge in [-0.1, -0.05) is 25.6 Å². The molecule has 2 heterocycles. The smallest absolute Gasteiger partial charge is 0.313 e. The van der Waals surface area contributed by atoms with Crippen molar-refractivity contribution in [2.45, 2.75) is 50.7 Å². The number of carbonyl (C=O) groups is 1. The van der Waals surface area contributed by atoms with Gasteiger partial charge < -0.3 is 14.6 Å². The summed E-state index contributed by atoms with van der Waals surface area (Å²) in [5, 5.41) is 9.73. The van der Waals surface area contributed by atoms with E-state index in [1.165, 1.54) is 30.4 Å². The zero-order valence-electron chi connectivity index (χ0n) is 12.9. The van der Waals surface area contributed by atoms with Gasteiger partial charge in [-0.25, -0.2) is 4.98 Å². The summed E-state index contributed by atoms with van der Waals surface area (Å²) >= 11 is 1.33. The van der Waals surface area contributed by atoms with E-state index in [0.717, 1.165) is 37.5 Å². The molecular weight excluding hydrogens is 286 g/mol. The SMILES string of the molecule is CCCN1CCC(n2c(CC)cnc2SCC(=O)O)CC1. The molecule has 1 aliphatic rings. The Balaban J connectivity index is 2.07. The summed E-state index contributed by atoms with van der Waals surface area (Å²) in [5.74, 6) is -0.708. The average molecular weight is 311 g/mol. The molecule has 0 amide bonds. The molecular formula is C15H25N3O2S. The summed E-state index contributed by atoms with van der Waals surface area (Å²) in [6.07, 6.45) is 6.31. The van der Waals surface area contributed by atoms with Crippen LogP contribution in [0.3, 0.4) is 0 Å². The molecule has 1 fully saturated rings. The van der Waals surface area contributed by atoms with Crippen LogP contribution >= 0.6 is 11.8 Å². The number of imidazole rings is 1. The standard InChI is InChI=1S/C15H25N3O2S/c1-3-7-17-8-5-13(6-9-17)18-12(4-2)10-16-15(18)21-11-14(19)20/h10,13H,3-9,11H2,1-2H3,(H,19,20). The van der Waals surface area contributed by atoms with Crippen LogP contribution < -0.4 is 0 Å². The van der Waals surface area contributed by atoms with Crippen molar-refractivity contribution in [1.29, 1.82) is 0 Å². The van der Waals surface area contributed by atoms with Gasteiger partial charge in [0, 0.05) is 31.0 Å². The molecule has 1 aliphatic heterocycles. The second-order valence-corrected chi connectivity index (χ2v) is 6.45. The summed E-state index contributed by atoms with van der Waals surface area (Å²) in [6, 6.07) is 0.465. The first kappa shape index (κ1) is 16.4. The minimum Gasteiger partial charge on any atom is -0.481 e. The van der Waals surface area contributed by atoms with Crippen LogP contribution in [0.1, 0.15) is 44.8 Å². The van der Waals surface area contributed by atoms with Crippen LogP contribution in [0.15, 0.2) is 11.4 Å². The number of hydrogen-bond acceptors (Lipinski definition) is 4. The summed E-state index contributed by atoms with van der Waals surface area (Å²) in [4.78, 5) is 17.7. The fourth-order valence-corrected chi connectivity index (χ4v) is 3.76. The summed E-state index contributed by atoms with van der Waals surface area (Å²) < 4.78 is 2.29. The first-order chi connectivity index (χ1) is 10.2. The third kappa shape index (κ3) is 4.23. The molecule has 2 rings (SSSR count). The number of likely N-dealkylation sites (tertiary alicyclic amines) is 1. The van der Waals surface area contributed by atoms with E-state index in [1.807, 2.05) is 6.20 Å². The molecule has 0 bridgehead atoms. The maximum atomic E-state index is 10.8. The lowest BCUT2D eigenvalue weighted by molar-refractivity contribution is -0.133. The lowest BCUT2D eigenvalue weighted by Crippen LogP contribution is -2.35. The molecule has 0 radical (unpaired) electrons. The number of thioether (sulfide) groups is 1. The molecule has 0 atom stereocenters. The first-order valence-corrected chi connectivity index (χ1v) is 8.77. The molecule has 0 spiro atoms. The number of aliphatic carboxylic acids is 1. The van der Waals surface area contributed by atoms with Crippen molar-refractivity contribution in [3.8, 4) is 0 Å². The second kappa shape index (κ2) is 7.84. The van der Waals surface area contributed by atoms with Gasteiger partial charge in [0.15, 0.2) is 5.16 Å². The maximum Gasteiger partial charge on any atom is 0.313 e. The van der Waals surface area contributed by atoms with E-state index in [-0.39, 0.29) is 5.75 Å². The Bertz CT molecular complexity index is 467. The van der Waals surface area contributed by atoms with Crippen molar-refractivity contribution in [3.63, 3.8) is 0 Å². The van der Waals surface area contributed by atoms with Crippen LogP contribution in [0.25, 0.3) is 0 Å². The van der Waals surface area contributed by atoms with E-state index in [1.54, 1.807) is 0 Å². The van der Waals surface area contributed by atoms with Gasteiger partial charge in [0.25, 0.3) is 0 Å². The van der Waals surface area contributed by atoms with Crippen molar-refractivity contribution in [2.24, 2.45) is 0 Å². The van der Waals surface area contributed by atoms with E-state index in [4.69, 9.17) is 5.11 Å². The van der Waals surface area contributed by atoms with Crippen molar-refractivity contribution in [1.82, 2.24) is 14.5 Å². The Kier molecular flexibility index (Phi) is 6.11. The van der Waals surface area contributed by atoms with Crippen LogP contribution in [0.4, 0.5) is 0 Å². The molecule has 0 saturated carbocycles. The van der Waals surface area contributed by atoms with Crippen LogP contribution in [-0.4, -0.2) is 50.9 Å². The number of carboxylic acids is 1. The van der Waals surface area contributed by atoms with Gasteiger partial charge in [0.1, 0.15) is 0 Å². The fourth-order valence-electron chi connectivity index (χ4n) is 2.98. The minimum atomic E-state index is -0.787. The zero-order chi connectivity index (χ0) is 15.2. The Morgan fingerprint density at radius 1 is 1.43 bits per heavy atom. The number of piperidine rings is 1. The summed E-state index contributed by atoms with van der Waals surface area (Å²) in [5.41, 5.74) is 1.22. The predicted molar refractivity (Wildman–Crippen MR) is 85.0 cm³/mol. The van der Waals surface area contributed by atoms with Gasteiger partial charge >= 0.3 is 5.97 Å². The highest BCUT2D eigenvalue weighted by atomic mass is 32.2. The second-order valence-electron chi connectivity index (χ2n) is 5.51. The number of hydrogen-bond donors (Lipinski definition) is 1. The minimum absolute atomic E-state index is 0.0782. The quantitative estimate of drug-likeness (QED) is 0.785. The largest absolute Gasteiger partial charge is 0.481 e. The number of aryl methyl sites for hydroxylation is 1. The van der Waals surface area contributed by atoms with E-state index >= 15 is 0 Å². The van der Waals surface area contributed by atoms with Crippen LogP contribution in [-0.2, 0) is 11.2 Å². The Morgan fingerprint density at radius 3 is 2.71 bits per heavy atom. The lowest BCUT2D eigenvalue weighted by Gasteiger charge is -2.33. The van der Waals surface area contributed by atoms with Crippen molar-refractivity contribution in [3.05, 3.63) is 11.9 Å². The maximum absolute atomic E-state index is 10.8. The van der Waals surface area contributed by atoms with Gasteiger partial charge in [-0.15, -0.1) is 0 Å². The Hall–Kier alpha value is -1.01. The van der Waals surface area contributed by atoms with E-state index in [0.29, 0.717) is 6.04 Å². The monoisotopic (exact) mass is 311 g/mol. The highest BCUT2D eigenvalue weighted by Crippen LogP contribution is 2.30. The van der Waals surface area contributed by atoms with Crippen LogP contribution in [0.2, 0.25) is 0 Å². The predicted octanol–water partition coefficient (Wildman–Crippen LogP) is 2.67. The molecule has 0 aromatic carbocycles. The van der Waals surface area contributed by atoms with Gasteiger partial charge in [0.05, 0.1) is 5.75 Å². The number of nitrogens with zero attached hydrogens (tertiary/aromatic N) is 3. The number of carboxylic acid groups (broad SMARTS) is 1. The topological polar surface area (TPSA) is 58.4 Å². The number of aromatic nitrogens is 2. The normalized spacial score (nSPS) is 17.2. The average Bonchev–Trinajstić information content (AvgIpc) is 2.89. The molecule has 1 aromatic rings. The van der Waals surface area contributed by atoms with Crippen molar-refractivity contribution < 1.29 is 9.90 Å². The van der Waals surface area contributed by atoms with E-state index < -0.39 is 5.97 Å². The molecule has 5 nitrogen and oxygen atoms in total. The van der Waals surface area contributed by atoms with Crippen LogP contribution in [0, 0.1) is 0 Å². The molecule has 21 heavy (non-hydrogen) atoms. The Labute approximate surface area is 130 Å². The van der Waals surface area contributed by atoms with Crippen molar-refractivity contribution in [2.75, 3.05) is 25.4 Å². The van der Waals surface area contributed by atoms with Gasteiger partial charge in [-0.2, -0.15) is 0 Å². The van der Waals surface area contributed by atoms with Gasteiger partial charge in [-0.05, 0) is 32.2 Å². The number of rotatable bonds is 7. The molecule has 1 N–H and O–H groups in total. The molecule has 0 aliphatic carbocycles. The van der Waals surface area contributed by atoms with E-state index in [2.05, 4.69) is 28.3 Å². The lowest BCUT2D eigenvalue weighted by atomic mass is 10.0. The summed E-state index contributed by atoms with van der Waals surface area (Å²) in [6.45, 7) is 7.78. The Morgan fingerprint density at radius 2 is 2.14 bits per heavy atom. The third-order valence-corrected chi connectivity index (χ3v) is 4.94. The molecule has 6 heteroatoms. The highest BCUT2D eigenvalue weighted by molar-refractivity contribution is 7.99. The zero-order valence-corrected chi connectivity index (χ0v) is 13.7. The molecule has 118 valence electrons. The van der Waals surface area contributed by atoms with E-state index in [9.17, 15) is 4.79 Å². The van der Waals surface area contributed by atoms with Crippen molar-refractivity contribution >= 4 is 17.7 Å². The van der Waals surface area contributed by atoms with Crippen LogP contribution in [0.5, 0.6) is 0 Å². The highest BCUT2D eigenvalue weighted by Gasteiger charge is 2.24. The summed E-state index contributed by atoms with van der Waals surface area (Å²) in [7, 11) is 0. The third-order valence-electron chi connectivity index (χ3n) is 3.99. The molecule has 0 unspecified atom stereocenters. The van der Waals surface area contributed by atoms with Gasteiger partial charge in [0.2, 0.25) is 0 Å². The molecule has 1 saturated heterocycles. The first-order valence-electron chi connectivity index (χ1n) is 7.78. The fraction of sp³-hybridized carbons (Fsp3) is 0.733. The van der Waals surface area contributed by atoms with Gasteiger partial charge in [-0.3, -0.25) is 4.79 Å².